The van der Waals surface area contributed by atoms with Gasteiger partial charge >= 0.3 is 0 Å². The van der Waals surface area contributed by atoms with Crippen molar-refractivity contribution < 1.29 is 8.42 Å². The van der Waals surface area contributed by atoms with Crippen LogP contribution in [0.3, 0.4) is 0 Å². The lowest BCUT2D eigenvalue weighted by molar-refractivity contribution is 0.610. The zero-order chi connectivity index (χ0) is 24.3. The molecule has 0 aliphatic heterocycles. The second-order valence-corrected chi connectivity index (χ2v) is 10.5. The van der Waals surface area contributed by atoms with E-state index in [2.05, 4.69) is 13.2 Å². The van der Waals surface area contributed by atoms with Crippen LogP contribution < -0.4 is 5.43 Å². The molecule has 170 valence electrons. The Morgan fingerprint density at radius 3 is 2.30 bits per heavy atom. The molecule has 1 aromatic heterocycles. The van der Waals surface area contributed by atoms with Gasteiger partial charge in [0.2, 0.25) is 0 Å². The molecule has 3 rings (SSSR count). The Bertz CT molecular complexity index is 1420. The predicted octanol–water partition coefficient (Wildman–Crippen LogP) is 6.24. The third kappa shape index (κ3) is 5.55. The van der Waals surface area contributed by atoms with Gasteiger partial charge in [0.05, 0.1) is 16.8 Å². The zero-order valence-corrected chi connectivity index (χ0v) is 20.3. The van der Waals surface area contributed by atoms with Gasteiger partial charge in [0.1, 0.15) is 0 Å². The summed E-state index contributed by atoms with van der Waals surface area (Å²) in [5.41, 5.74) is 4.47. The molecule has 0 N–H and O–H groups in total. The van der Waals surface area contributed by atoms with E-state index < -0.39 is 9.84 Å². The van der Waals surface area contributed by atoms with E-state index in [1.807, 2.05) is 63.2 Å². The van der Waals surface area contributed by atoms with E-state index in [9.17, 15) is 13.2 Å². The number of allylic oxidation sites excluding steroid dienone is 2. The molecular formula is C28H29NO3S. The Morgan fingerprint density at radius 1 is 1.06 bits per heavy atom. The average molecular weight is 460 g/mol. The molecule has 0 spiro atoms. The lowest BCUT2D eigenvalue weighted by atomic mass is 9.95. The minimum atomic E-state index is -3.16. The molecule has 1 unspecified atom stereocenters. The van der Waals surface area contributed by atoms with Gasteiger partial charge in [-0.1, -0.05) is 88.5 Å². The molecular weight excluding hydrogens is 430 g/mol. The van der Waals surface area contributed by atoms with Crippen molar-refractivity contribution in [3.8, 4) is 11.3 Å². The van der Waals surface area contributed by atoms with Gasteiger partial charge < -0.3 is 0 Å². The Kier molecular flexibility index (Phi) is 7.13. The summed E-state index contributed by atoms with van der Waals surface area (Å²) in [6.45, 7) is 14.0. The summed E-state index contributed by atoms with van der Waals surface area (Å²) in [4.78, 5) is 18.1. The molecule has 0 radical (unpaired) electrons. The van der Waals surface area contributed by atoms with Crippen molar-refractivity contribution >= 4 is 32.3 Å². The highest BCUT2D eigenvalue weighted by Gasteiger charge is 2.16. The highest BCUT2D eigenvalue weighted by Crippen LogP contribution is 2.30. The smallest absolute Gasteiger partial charge is 0.195 e. The van der Waals surface area contributed by atoms with Gasteiger partial charge in [0.15, 0.2) is 15.3 Å². The van der Waals surface area contributed by atoms with Crippen LogP contribution in [0, 0.1) is 5.92 Å². The molecule has 0 amide bonds. The summed E-state index contributed by atoms with van der Waals surface area (Å²) < 4.78 is 22.8. The van der Waals surface area contributed by atoms with Crippen molar-refractivity contribution in [2.24, 2.45) is 5.92 Å². The maximum absolute atomic E-state index is 13.2. The Balaban J connectivity index is 2.16. The minimum absolute atomic E-state index is 0.0472. The Morgan fingerprint density at radius 2 is 1.73 bits per heavy atom. The predicted molar refractivity (Wildman–Crippen MR) is 140 cm³/mol. The summed E-state index contributed by atoms with van der Waals surface area (Å²) >= 11 is 0. The quantitative estimate of drug-likeness (QED) is 0.420. The Labute approximate surface area is 195 Å². The van der Waals surface area contributed by atoms with Crippen LogP contribution in [-0.4, -0.2) is 19.7 Å². The number of fused-ring (bicyclic) bond motifs is 1. The molecule has 5 heteroatoms. The normalized spacial score (nSPS) is 12.9. The number of nitrogens with zero attached hydrogens (tertiary/aromatic N) is 1. The minimum Gasteiger partial charge on any atom is -0.289 e. The summed E-state index contributed by atoms with van der Waals surface area (Å²) in [6, 6.07) is 15.3. The number of pyridine rings is 1. The van der Waals surface area contributed by atoms with Crippen LogP contribution in [0.15, 0.2) is 78.0 Å². The number of hydrogen-bond acceptors (Lipinski definition) is 4. The topological polar surface area (TPSA) is 64.1 Å². The van der Waals surface area contributed by atoms with Crippen LogP contribution in [0.5, 0.6) is 0 Å². The second-order valence-electron chi connectivity index (χ2n) is 8.58. The van der Waals surface area contributed by atoms with Gasteiger partial charge in [-0.3, -0.25) is 4.79 Å². The largest absolute Gasteiger partial charge is 0.289 e. The van der Waals surface area contributed by atoms with E-state index in [1.165, 1.54) is 11.7 Å². The van der Waals surface area contributed by atoms with Crippen molar-refractivity contribution in [2.45, 2.75) is 26.7 Å². The first-order valence-corrected chi connectivity index (χ1v) is 12.8. The lowest BCUT2D eigenvalue weighted by Gasteiger charge is -2.14. The van der Waals surface area contributed by atoms with Crippen molar-refractivity contribution in [3.63, 3.8) is 0 Å². The second kappa shape index (κ2) is 9.67. The summed E-state index contributed by atoms with van der Waals surface area (Å²) in [5.74, 6) is 0.0758. The van der Waals surface area contributed by atoms with Gasteiger partial charge in [0, 0.05) is 22.8 Å². The molecule has 3 aromatic rings. The molecule has 0 saturated carbocycles. The molecule has 0 bridgehead atoms. The lowest BCUT2D eigenvalue weighted by Crippen LogP contribution is -2.08. The van der Waals surface area contributed by atoms with Crippen molar-refractivity contribution in [2.75, 3.05) is 6.26 Å². The van der Waals surface area contributed by atoms with E-state index in [4.69, 9.17) is 4.98 Å². The molecule has 33 heavy (non-hydrogen) atoms. The number of sulfone groups is 1. The first-order chi connectivity index (χ1) is 15.5. The van der Waals surface area contributed by atoms with E-state index in [1.54, 1.807) is 18.2 Å². The van der Waals surface area contributed by atoms with Crippen LogP contribution in [-0.2, 0) is 9.84 Å². The van der Waals surface area contributed by atoms with Crippen molar-refractivity contribution in [1.82, 2.24) is 4.98 Å². The van der Waals surface area contributed by atoms with E-state index in [-0.39, 0.29) is 17.3 Å². The number of hydrogen-bond donors (Lipinski definition) is 0. The summed E-state index contributed by atoms with van der Waals surface area (Å²) in [6.07, 6.45) is 4.42. The fourth-order valence-corrected chi connectivity index (χ4v) is 4.08. The third-order valence-electron chi connectivity index (χ3n) is 5.66. The maximum atomic E-state index is 13.2. The monoisotopic (exact) mass is 459 g/mol. The maximum Gasteiger partial charge on any atom is 0.195 e. The van der Waals surface area contributed by atoms with Gasteiger partial charge in [-0.15, -0.1) is 0 Å². The van der Waals surface area contributed by atoms with Crippen molar-refractivity contribution in [1.29, 1.82) is 0 Å². The third-order valence-corrected chi connectivity index (χ3v) is 6.31. The summed E-state index contributed by atoms with van der Waals surface area (Å²) in [5, 5.41) is 2.58. The number of rotatable bonds is 7. The standard InChI is InChI=1S/C28H29NO3S/c1-7-21-9-8-10-24-17-25(29-27(20(5)18(2)3)26(24)28(21)30)23-13-11-22(12-14-23)19(4)15-16-33(6,31)32/h7-19H,1,5H2,2-4,6H3. The van der Waals surface area contributed by atoms with Gasteiger partial charge in [0.25, 0.3) is 0 Å². The fraction of sp³-hybridized carbons (Fsp3) is 0.214. The molecule has 1 atom stereocenters. The molecule has 0 aliphatic carbocycles. The average Bonchev–Trinajstić information content (AvgIpc) is 2.94. The SMILES string of the molecule is C=Cc1cccc2cc(-c3ccc(C(C)C=CS(C)(=O)=O)cc3)nc(C(=C)C(C)C)c2c1=O. The van der Waals surface area contributed by atoms with E-state index in [0.29, 0.717) is 16.6 Å². The molecule has 0 saturated heterocycles. The van der Waals surface area contributed by atoms with Gasteiger partial charge in [-0.25, -0.2) is 13.4 Å². The van der Waals surface area contributed by atoms with Crippen molar-refractivity contribution in [3.05, 3.63) is 100 Å². The highest BCUT2D eigenvalue weighted by molar-refractivity contribution is 7.93. The van der Waals surface area contributed by atoms with E-state index >= 15 is 0 Å². The number of benzene rings is 1. The molecule has 0 fully saturated rings. The van der Waals surface area contributed by atoms with Crippen LogP contribution in [0.1, 0.15) is 43.5 Å². The molecule has 1 heterocycles. The van der Waals surface area contributed by atoms with Crippen LogP contribution in [0.25, 0.3) is 33.7 Å². The highest BCUT2D eigenvalue weighted by atomic mass is 32.2. The Hall–Kier alpha value is -3.31. The first kappa shape index (κ1) is 24.3. The van der Waals surface area contributed by atoms with Gasteiger partial charge in [-0.05, 0) is 34.4 Å². The zero-order valence-electron chi connectivity index (χ0n) is 19.5. The van der Waals surface area contributed by atoms with E-state index in [0.717, 1.165) is 27.8 Å². The van der Waals surface area contributed by atoms with Gasteiger partial charge in [-0.2, -0.15) is 0 Å². The molecule has 0 aliphatic rings. The fourth-order valence-electron chi connectivity index (χ4n) is 3.55. The first-order valence-electron chi connectivity index (χ1n) is 10.8. The molecule has 4 nitrogen and oxygen atoms in total. The van der Waals surface area contributed by atoms with Crippen LogP contribution >= 0.6 is 0 Å². The number of aromatic nitrogens is 1. The molecule has 2 aromatic carbocycles. The van der Waals surface area contributed by atoms with Crippen LogP contribution in [0.2, 0.25) is 0 Å². The summed E-state index contributed by atoms with van der Waals surface area (Å²) in [7, 11) is -3.16. The van der Waals surface area contributed by atoms with Crippen LogP contribution in [0.4, 0.5) is 0 Å².